The quantitative estimate of drug-likeness (QED) is 0.580. The van der Waals surface area contributed by atoms with Crippen LogP contribution in [0.25, 0.3) is 0 Å². The average molecular weight is 449 g/mol. The number of carbonyl (C=O) groups excluding carboxylic acids is 1. The summed E-state index contributed by atoms with van der Waals surface area (Å²) < 4.78 is 26.9. The highest BCUT2D eigenvalue weighted by molar-refractivity contribution is 5.90. The van der Waals surface area contributed by atoms with Gasteiger partial charge in [0.2, 0.25) is 0 Å². The van der Waals surface area contributed by atoms with E-state index in [9.17, 15) is 18.7 Å². The maximum atomic E-state index is 13.5. The highest BCUT2D eigenvalue weighted by atomic mass is 19.1. The number of carbonyl (C=O) groups is 1. The van der Waals surface area contributed by atoms with Gasteiger partial charge in [-0.25, -0.2) is 8.78 Å². The van der Waals surface area contributed by atoms with E-state index in [1.807, 2.05) is 18.2 Å². The first-order valence-electron chi connectivity index (χ1n) is 11.2. The Morgan fingerprint density at radius 2 is 1.39 bits per heavy atom. The number of halogens is 2. The summed E-state index contributed by atoms with van der Waals surface area (Å²) in [7, 11) is 0. The first kappa shape index (κ1) is 21.7. The molecule has 1 aliphatic heterocycles. The molecular weight excluding hydrogens is 422 g/mol. The van der Waals surface area contributed by atoms with Crippen molar-refractivity contribution in [2.24, 2.45) is 17.8 Å². The molecule has 0 radical (unpaired) electrons. The second-order valence-corrected chi connectivity index (χ2v) is 9.11. The van der Waals surface area contributed by atoms with Gasteiger partial charge in [0.25, 0.3) is 5.91 Å². The van der Waals surface area contributed by atoms with Gasteiger partial charge < -0.3 is 10.4 Å². The Balaban J connectivity index is 1.24. The fraction of sp³-hybridized carbons (Fsp3) is 0.296. The maximum Gasteiger partial charge on any atom is 0.261 e. The third-order valence-electron chi connectivity index (χ3n) is 7.05. The molecule has 170 valence electrons. The summed E-state index contributed by atoms with van der Waals surface area (Å²) in [6.07, 6.45) is 0. The Morgan fingerprint density at radius 3 is 1.91 bits per heavy atom. The zero-order valence-electron chi connectivity index (χ0n) is 18.1. The van der Waals surface area contributed by atoms with E-state index in [0.717, 1.165) is 19.6 Å². The topological polar surface area (TPSA) is 52.6 Å². The van der Waals surface area contributed by atoms with Crippen LogP contribution < -0.4 is 5.32 Å². The molecule has 0 spiro atoms. The van der Waals surface area contributed by atoms with Gasteiger partial charge in [0.1, 0.15) is 11.6 Å². The molecule has 3 aromatic rings. The van der Waals surface area contributed by atoms with Crippen LogP contribution in [0.3, 0.4) is 0 Å². The van der Waals surface area contributed by atoms with Crippen LogP contribution in [-0.2, 0) is 16.9 Å². The Hall–Kier alpha value is -3.09. The van der Waals surface area contributed by atoms with Gasteiger partial charge in [0.05, 0.1) is 0 Å². The zero-order valence-corrected chi connectivity index (χ0v) is 18.1. The fourth-order valence-corrected chi connectivity index (χ4v) is 5.16. The van der Waals surface area contributed by atoms with Crippen LogP contribution in [0, 0.1) is 29.4 Å². The molecule has 1 heterocycles. The number of fused-ring (bicyclic) bond motifs is 1. The van der Waals surface area contributed by atoms with Gasteiger partial charge in [0.15, 0.2) is 5.60 Å². The second-order valence-electron chi connectivity index (χ2n) is 9.11. The molecule has 1 saturated carbocycles. The summed E-state index contributed by atoms with van der Waals surface area (Å²) >= 11 is 0. The molecule has 2 N–H and O–H groups in total. The molecule has 33 heavy (non-hydrogen) atoms. The molecule has 1 amide bonds. The van der Waals surface area contributed by atoms with Gasteiger partial charge >= 0.3 is 0 Å². The van der Waals surface area contributed by atoms with Crippen molar-refractivity contribution in [3.05, 3.63) is 107 Å². The van der Waals surface area contributed by atoms with Crippen LogP contribution in [0.4, 0.5) is 8.78 Å². The Kier molecular flexibility index (Phi) is 5.72. The molecule has 6 heteroatoms. The van der Waals surface area contributed by atoms with Gasteiger partial charge in [-0.15, -0.1) is 0 Å². The zero-order chi connectivity index (χ0) is 23.0. The minimum absolute atomic E-state index is 0.234. The molecular formula is C27H26F2N2O2. The van der Waals surface area contributed by atoms with E-state index in [2.05, 4.69) is 22.3 Å². The number of benzene rings is 3. The lowest BCUT2D eigenvalue weighted by atomic mass is 9.85. The van der Waals surface area contributed by atoms with E-state index in [4.69, 9.17) is 0 Å². The van der Waals surface area contributed by atoms with Gasteiger partial charge in [-0.1, -0.05) is 54.6 Å². The molecule has 2 atom stereocenters. The van der Waals surface area contributed by atoms with Crippen LogP contribution in [-0.4, -0.2) is 35.5 Å². The van der Waals surface area contributed by atoms with Crippen molar-refractivity contribution >= 4 is 5.91 Å². The molecule has 2 fully saturated rings. The van der Waals surface area contributed by atoms with Crippen LogP contribution in [0.1, 0.15) is 16.7 Å². The third-order valence-corrected chi connectivity index (χ3v) is 7.05. The summed E-state index contributed by atoms with van der Waals surface area (Å²) in [5.74, 6) is -0.0612. The summed E-state index contributed by atoms with van der Waals surface area (Å²) in [6.45, 7) is 3.40. The van der Waals surface area contributed by atoms with E-state index >= 15 is 0 Å². The molecule has 1 aliphatic carbocycles. The van der Waals surface area contributed by atoms with Gasteiger partial charge in [-0.3, -0.25) is 9.69 Å². The predicted molar refractivity (Wildman–Crippen MR) is 121 cm³/mol. The van der Waals surface area contributed by atoms with Crippen molar-refractivity contribution in [3.63, 3.8) is 0 Å². The van der Waals surface area contributed by atoms with Crippen molar-refractivity contribution in [1.82, 2.24) is 10.2 Å². The Morgan fingerprint density at radius 1 is 0.879 bits per heavy atom. The van der Waals surface area contributed by atoms with Crippen LogP contribution >= 0.6 is 0 Å². The number of nitrogens with one attached hydrogen (secondary N) is 1. The van der Waals surface area contributed by atoms with Crippen molar-refractivity contribution < 1.29 is 18.7 Å². The number of piperidine rings is 1. The smallest absolute Gasteiger partial charge is 0.261 e. The average Bonchev–Trinajstić information content (AvgIpc) is 3.28. The minimum atomic E-state index is -2.04. The summed E-state index contributed by atoms with van der Waals surface area (Å²) in [5.41, 5.74) is -0.270. The van der Waals surface area contributed by atoms with Crippen molar-refractivity contribution in [3.8, 4) is 0 Å². The van der Waals surface area contributed by atoms with Gasteiger partial charge in [0, 0.05) is 26.2 Å². The van der Waals surface area contributed by atoms with Crippen molar-refractivity contribution in [2.45, 2.75) is 12.1 Å². The number of hydrogen-bond donors (Lipinski definition) is 2. The van der Waals surface area contributed by atoms with Crippen LogP contribution in [0.5, 0.6) is 0 Å². The van der Waals surface area contributed by atoms with E-state index in [1.54, 1.807) is 0 Å². The van der Waals surface area contributed by atoms with Crippen LogP contribution in [0.15, 0.2) is 78.9 Å². The number of nitrogens with zero attached hydrogens (tertiary/aromatic N) is 1. The highest BCUT2D eigenvalue weighted by Gasteiger charge is 2.55. The minimum Gasteiger partial charge on any atom is -0.372 e. The van der Waals surface area contributed by atoms with Crippen LogP contribution in [0.2, 0.25) is 0 Å². The maximum absolute atomic E-state index is 13.5. The molecule has 5 rings (SSSR count). The van der Waals surface area contributed by atoms with Crippen molar-refractivity contribution in [2.75, 3.05) is 19.6 Å². The van der Waals surface area contributed by atoms with Crippen molar-refractivity contribution in [1.29, 1.82) is 0 Å². The van der Waals surface area contributed by atoms with E-state index in [1.165, 1.54) is 54.1 Å². The van der Waals surface area contributed by atoms with E-state index in [-0.39, 0.29) is 11.1 Å². The standard InChI is InChI=1S/C27H26F2N2O2/c28-21-10-6-19(7-11-21)27(33,20-8-12-22(29)13-9-20)26(32)30-14-23-24-16-31(17-25(23)24)15-18-4-2-1-3-5-18/h1-13,23-25,33H,14-17H2,(H,30,32). The van der Waals surface area contributed by atoms with Gasteiger partial charge in [-0.2, -0.15) is 0 Å². The monoisotopic (exact) mass is 448 g/mol. The molecule has 1 saturated heterocycles. The summed E-state index contributed by atoms with van der Waals surface area (Å²) in [5, 5.41) is 14.4. The number of amides is 1. The lowest BCUT2D eigenvalue weighted by Crippen LogP contribution is -2.46. The number of rotatable bonds is 7. The summed E-state index contributed by atoms with van der Waals surface area (Å²) in [4.78, 5) is 15.7. The summed E-state index contributed by atoms with van der Waals surface area (Å²) in [6, 6.07) is 20.7. The SMILES string of the molecule is O=C(NCC1C2CN(Cc3ccccc3)CC12)C(O)(c1ccc(F)cc1)c1ccc(F)cc1. The normalized spacial score (nSPS) is 22.1. The lowest BCUT2D eigenvalue weighted by molar-refractivity contribution is -0.136. The number of likely N-dealkylation sites (tertiary alicyclic amines) is 1. The number of aliphatic hydroxyl groups is 1. The molecule has 4 nitrogen and oxygen atoms in total. The van der Waals surface area contributed by atoms with E-state index in [0.29, 0.717) is 24.3 Å². The lowest BCUT2D eigenvalue weighted by Gasteiger charge is -2.28. The molecule has 3 aromatic carbocycles. The first-order valence-corrected chi connectivity index (χ1v) is 11.2. The largest absolute Gasteiger partial charge is 0.372 e. The molecule has 2 unspecified atom stereocenters. The molecule has 2 aliphatic rings. The fourth-order valence-electron chi connectivity index (χ4n) is 5.16. The van der Waals surface area contributed by atoms with E-state index < -0.39 is 23.1 Å². The highest BCUT2D eigenvalue weighted by Crippen LogP contribution is 2.51. The number of hydrogen-bond acceptors (Lipinski definition) is 3. The third kappa shape index (κ3) is 4.28. The Labute approximate surface area is 191 Å². The predicted octanol–water partition coefficient (Wildman–Crippen LogP) is 3.69. The Bertz CT molecular complexity index is 1060. The second kappa shape index (κ2) is 8.69. The van der Waals surface area contributed by atoms with Gasteiger partial charge in [-0.05, 0) is 58.7 Å². The molecule has 0 bridgehead atoms. The molecule has 0 aromatic heterocycles. The first-order chi connectivity index (χ1) is 15.9.